The van der Waals surface area contributed by atoms with E-state index in [4.69, 9.17) is 0 Å². The lowest BCUT2D eigenvalue weighted by Crippen LogP contribution is -2.40. The molecule has 0 aliphatic rings. The van der Waals surface area contributed by atoms with Gasteiger partial charge in [0.05, 0.1) is 0 Å². The van der Waals surface area contributed by atoms with E-state index in [0.717, 1.165) is 22.6 Å². The summed E-state index contributed by atoms with van der Waals surface area (Å²) in [5.41, 5.74) is 0. The van der Waals surface area contributed by atoms with Crippen molar-refractivity contribution in [3.8, 4) is 0 Å². The summed E-state index contributed by atoms with van der Waals surface area (Å²) >= 11 is 0.799. The quantitative estimate of drug-likeness (QED) is 0.410. The van der Waals surface area contributed by atoms with Gasteiger partial charge in [-0.2, -0.15) is 0 Å². The van der Waals surface area contributed by atoms with Crippen LogP contribution in [-0.4, -0.2) is 35.3 Å². The van der Waals surface area contributed by atoms with E-state index in [1.807, 2.05) is 0 Å². The van der Waals surface area contributed by atoms with Crippen LogP contribution in [0.15, 0.2) is 0 Å². The maximum absolute atomic E-state index is 12.5. The van der Waals surface area contributed by atoms with E-state index in [0.29, 0.717) is 0 Å². The Hall–Kier alpha value is 0.240. The molecule has 5 atom stereocenters. The third kappa shape index (κ3) is 3.77. The van der Waals surface area contributed by atoms with Crippen LogP contribution in [-0.2, 0) is 0 Å². The molecule has 0 saturated heterocycles. The molecule has 0 heterocycles. The Morgan fingerprint density at radius 2 is 0.929 bits per heavy atom. The molecular weight excluding hydrogens is 332 g/mol. The fourth-order valence-corrected chi connectivity index (χ4v) is 1.03. The van der Waals surface area contributed by atoms with Gasteiger partial charge in [0, 0.05) is 0 Å². The lowest BCUT2D eigenvalue weighted by Gasteiger charge is -2.19. The van der Waals surface area contributed by atoms with Gasteiger partial charge >= 0.3 is 0 Å². The van der Waals surface area contributed by atoms with Crippen molar-refractivity contribution in [1.29, 1.82) is 0 Å². The first-order valence-corrected chi connectivity index (χ1v) is 4.66. The van der Waals surface area contributed by atoms with Crippen molar-refractivity contribution >= 4 is 22.6 Å². The van der Waals surface area contributed by atoms with Crippen molar-refractivity contribution in [2.75, 3.05) is 0 Å². The molecule has 0 radical (unpaired) electrons. The van der Waals surface area contributed by atoms with E-state index in [1.165, 1.54) is 0 Å². The van der Waals surface area contributed by atoms with Crippen LogP contribution in [0.1, 0.15) is 0 Å². The van der Waals surface area contributed by atoms with Crippen molar-refractivity contribution in [2.45, 2.75) is 35.3 Å². The Labute approximate surface area is 89.0 Å². The van der Waals surface area contributed by atoms with Crippen molar-refractivity contribution in [3.05, 3.63) is 0 Å². The van der Waals surface area contributed by atoms with Crippen LogP contribution in [0.2, 0.25) is 0 Å². The third-order valence-electron chi connectivity index (χ3n) is 1.39. The van der Waals surface area contributed by atoms with Crippen LogP contribution in [0.3, 0.4) is 0 Å². The van der Waals surface area contributed by atoms with Gasteiger partial charge in [0.1, 0.15) is 0 Å². The predicted molar refractivity (Wildman–Crippen MR) is 44.5 cm³/mol. The van der Waals surface area contributed by atoms with E-state index in [1.54, 1.807) is 0 Å². The first-order chi connectivity index (χ1) is 6.29. The Bertz CT molecular complexity index is 146. The van der Waals surface area contributed by atoms with Crippen LogP contribution < -0.4 is 0 Å². The lowest BCUT2D eigenvalue weighted by atomic mass is 10.1. The maximum atomic E-state index is 12.5. The third-order valence-corrected chi connectivity index (χ3v) is 2.08. The van der Waals surface area contributed by atoms with Gasteiger partial charge in [-0.05, 0) is 22.6 Å². The van der Waals surface area contributed by atoms with Crippen LogP contribution in [0, 0.1) is 0 Å². The summed E-state index contributed by atoms with van der Waals surface area (Å²) in [6.07, 6.45) is -16.8. The monoisotopic (exact) mass is 338 g/mol. The Morgan fingerprint density at radius 1 is 0.571 bits per heavy atom. The van der Waals surface area contributed by atoms with Gasteiger partial charge < -0.3 is 0 Å². The molecule has 0 aromatic rings. The van der Waals surface area contributed by atoms with Gasteiger partial charge in [-0.25, -0.2) is 30.7 Å². The molecule has 0 spiro atoms. The van der Waals surface area contributed by atoms with Crippen molar-refractivity contribution in [1.82, 2.24) is 0 Å². The Balaban J connectivity index is 4.30. The molecule has 0 rings (SSSR count). The van der Waals surface area contributed by atoms with E-state index < -0.39 is 35.3 Å². The van der Waals surface area contributed by atoms with E-state index in [9.17, 15) is 30.7 Å². The summed E-state index contributed by atoms with van der Waals surface area (Å²) in [4.78, 5) is 0. The van der Waals surface area contributed by atoms with E-state index in [-0.39, 0.29) is 0 Å². The van der Waals surface area contributed by atoms with Crippen LogP contribution in [0.5, 0.6) is 0 Å². The van der Waals surface area contributed by atoms with Crippen molar-refractivity contribution < 1.29 is 30.7 Å². The molecule has 0 amide bonds. The maximum Gasteiger partial charge on any atom is 0.272 e. The van der Waals surface area contributed by atoms with E-state index >= 15 is 0 Å². The molecule has 0 aliphatic heterocycles. The highest BCUT2D eigenvalue weighted by Gasteiger charge is 2.42. The SMILES string of the molecule is FC(F)C(F)C(F)C(F)C(F)C(F)I. The summed E-state index contributed by atoms with van der Waals surface area (Å²) in [5, 5.41) is 0. The summed E-state index contributed by atoms with van der Waals surface area (Å²) in [5.74, 6) is 0. The molecule has 0 fully saturated rings. The number of alkyl halides is 8. The van der Waals surface area contributed by atoms with Gasteiger partial charge in [0.2, 0.25) is 0 Å². The average Bonchev–Trinajstić information content (AvgIpc) is 2.12. The highest BCUT2D eigenvalue weighted by Crippen LogP contribution is 2.26. The first kappa shape index (κ1) is 14.2. The summed E-state index contributed by atoms with van der Waals surface area (Å²) in [6, 6.07) is 0. The smallest absolute Gasteiger partial charge is 0.241 e. The number of hydrogen-bond acceptors (Lipinski definition) is 0. The Morgan fingerprint density at radius 3 is 1.21 bits per heavy atom. The molecule has 0 N–H and O–H groups in total. The fourth-order valence-electron chi connectivity index (χ4n) is 0.629. The molecule has 14 heavy (non-hydrogen) atoms. The lowest BCUT2D eigenvalue weighted by molar-refractivity contribution is -0.0435. The number of halogens is 8. The molecule has 86 valence electrons. The molecule has 5 unspecified atom stereocenters. The zero-order chi connectivity index (χ0) is 11.5. The fraction of sp³-hybridized carbons (Fsp3) is 1.00. The minimum absolute atomic E-state index is 0.799. The minimum atomic E-state index is -3.76. The second kappa shape index (κ2) is 5.96. The molecule has 0 saturated carbocycles. The van der Waals surface area contributed by atoms with Gasteiger partial charge in [-0.15, -0.1) is 0 Å². The van der Waals surface area contributed by atoms with Gasteiger partial charge in [-0.3, -0.25) is 0 Å². The molecule has 0 aromatic carbocycles. The molecule has 0 aromatic heterocycles. The van der Waals surface area contributed by atoms with Gasteiger partial charge in [0.25, 0.3) is 6.43 Å². The summed E-state index contributed by atoms with van der Waals surface area (Å²) in [6.45, 7) is 0. The molecule has 0 aliphatic carbocycles. The largest absolute Gasteiger partial charge is 0.272 e. The summed E-state index contributed by atoms with van der Waals surface area (Å²) < 4.78 is 82.1. The first-order valence-electron chi connectivity index (χ1n) is 3.41. The number of rotatable bonds is 5. The predicted octanol–water partition coefficient (Wildman–Crippen LogP) is 3.33. The molecule has 0 nitrogen and oxygen atoms in total. The Kier molecular flexibility index (Phi) is 6.06. The zero-order valence-corrected chi connectivity index (χ0v) is 8.65. The van der Waals surface area contributed by atoms with Gasteiger partial charge in [0.15, 0.2) is 28.9 Å². The highest BCUT2D eigenvalue weighted by atomic mass is 127. The highest BCUT2D eigenvalue weighted by molar-refractivity contribution is 14.1. The van der Waals surface area contributed by atoms with Crippen molar-refractivity contribution in [3.63, 3.8) is 0 Å². The summed E-state index contributed by atoms with van der Waals surface area (Å²) in [7, 11) is 0. The second-order valence-corrected chi connectivity index (χ2v) is 3.64. The van der Waals surface area contributed by atoms with Crippen molar-refractivity contribution in [2.24, 2.45) is 0 Å². The molecule has 8 heteroatoms. The number of hydrogen-bond donors (Lipinski definition) is 0. The minimum Gasteiger partial charge on any atom is -0.241 e. The van der Waals surface area contributed by atoms with Crippen LogP contribution in [0.25, 0.3) is 0 Å². The van der Waals surface area contributed by atoms with Crippen LogP contribution >= 0.6 is 22.6 Å². The second-order valence-electron chi connectivity index (χ2n) is 2.45. The topological polar surface area (TPSA) is 0 Å². The standard InChI is InChI=1S/C6H6F7I/c7-1(3(9)5(11)12)2(8)4(10)6(13)14/h1-6H. The normalized spacial score (nSPS) is 22.9. The van der Waals surface area contributed by atoms with Gasteiger partial charge in [-0.1, -0.05) is 0 Å². The van der Waals surface area contributed by atoms with E-state index in [2.05, 4.69) is 0 Å². The average molecular weight is 338 g/mol. The molecule has 0 bridgehead atoms. The zero-order valence-electron chi connectivity index (χ0n) is 6.49. The molecular formula is C6H6F7I. The van der Waals surface area contributed by atoms with Crippen LogP contribution in [0.4, 0.5) is 30.7 Å².